The smallest absolute Gasteiger partial charge is 0.135 e. The second kappa shape index (κ2) is 9.03. The van der Waals surface area contributed by atoms with Gasteiger partial charge in [-0.1, -0.05) is 45.4 Å². The average Bonchev–Trinajstić information content (AvgIpc) is 2.27. The summed E-state index contributed by atoms with van der Waals surface area (Å²) in [6.45, 7) is 10.6. The van der Waals surface area contributed by atoms with Crippen LogP contribution in [0.25, 0.3) is 0 Å². The van der Waals surface area contributed by atoms with Crippen LogP contribution in [0.5, 0.6) is 0 Å². The minimum absolute atomic E-state index is 0.485. The van der Waals surface area contributed by atoms with E-state index in [1.165, 1.54) is 5.57 Å². The SMILES string of the molecule is [B]C(CCC)=NC(/C=C\C=CC)=C(/C)C(C)C. The lowest BCUT2D eigenvalue weighted by Gasteiger charge is -2.09. The van der Waals surface area contributed by atoms with Crippen LogP contribution in [0.3, 0.4) is 0 Å². The molecule has 0 saturated heterocycles. The van der Waals surface area contributed by atoms with Crippen LogP contribution in [-0.2, 0) is 0 Å². The van der Waals surface area contributed by atoms with Crippen LogP contribution in [0.1, 0.15) is 47.5 Å². The van der Waals surface area contributed by atoms with Crippen molar-refractivity contribution >= 4 is 13.5 Å². The van der Waals surface area contributed by atoms with Gasteiger partial charge in [-0.15, -0.1) is 0 Å². The Labute approximate surface area is 108 Å². The van der Waals surface area contributed by atoms with Crippen LogP contribution in [0.2, 0.25) is 0 Å². The second-order valence-corrected chi connectivity index (χ2v) is 4.46. The van der Waals surface area contributed by atoms with Gasteiger partial charge < -0.3 is 0 Å². The third-order valence-electron chi connectivity index (χ3n) is 2.60. The van der Waals surface area contributed by atoms with Gasteiger partial charge in [0.25, 0.3) is 0 Å². The van der Waals surface area contributed by atoms with Crippen molar-refractivity contribution in [3.05, 3.63) is 35.6 Å². The number of allylic oxidation sites excluding steroid dienone is 5. The highest BCUT2D eigenvalue weighted by Gasteiger charge is 2.02. The van der Waals surface area contributed by atoms with Gasteiger partial charge in [0.05, 0.1) is 5.70 Å². The molecule has 0 aromatic rings. The molecule has 0 amide bonds. The number of rotatable bonds is 6. The van der Waals surface area contributed by atoms with Gasteiger partial charge >= 0.3 is 0 Å². The Kier molecular flexibility index (Phi) is 8.48. The molecule has 1 nitrogen and oxygen atoms in total. The molecule has 0 heterocycles. The van der Waals surface area contributed by atoms with E-state index >= 15 is 0 Å². The fourth-order valence-corrected chi connectivity index (χ4v) is 1.28. The first-order valence-electron chi connectivity index (χ1n) is 6.36. The molecular weight excluding hydrogens is 205 g/mol. The second-order valence-electron chi connectivity index (χ2n) is 4.46. The van der Waals surface area contributed by atoms with Crippen LogP contribution in [0, 0.1) is 5.92 Å². The van der Waals surface area contributed by atoms with Crippen molar-refractivity contribution in [2.75, 3.05) is 0 Å². The normalized spacial score (nSPS) is 15.1. The molecule has 0 aromatic heterocycles. The Hall–Kier alpha value is -1.05. The molecule has 0 fully saturated rings. The summed E-state index contributed by atoms with van der Waals surface area (Å²) in [6.07, 6.45) is 9.91. The fourth-order valence-electron chi connectivity index (χ4n) is 1.28. The summed E-state index contributed by atoms with van der Waals surface area (Å²) >= 11 is 0. The van der Waals surface area contributed by atoms with E-state index in [0.29, 0.717) is 11.5 Å². The Morgan fingerprint density at radius 1 is 1.29 bits per heavy atom. The average molecular weight is 229 g/mol. The Balaban J connectivity index is 5.12. The largest absolute Gasteiger partial charge is 0.269 e. The van der Waals surface area contributed by atoms with Crippen LogP contribution >= 0.6 is 0 Å². The highest BCUT2D eigenvalue weighted by atomic mass is 14.7. The van der Waals surface area contributed by atoms with Crippen molar-refractivity contribution in [2.24, 2.45) is 10.9 Å². The molecule has 0 saturated carbocycles. The van der Waals surface area contributed by atoms with Gasteiger partial charge in [0.15, 0.2) is 0 Å². The van der Waals surface area contributed by atoms with E-state index in [4.69, 9.17) is 7.85 Å². The van der Waals surface area contributed by atoms with Crippen molar-refractivity contribution in [1.82, 2.24) is 0 Å². The lowest BCUT2D eigenvalue weighted by atomic mass is 9.95. The number of hydrogen-bond donors (Lipinski definition) is 0. The standard InChI is InChI=1S/C15H24BN/c1-6-8-9-11-14(13(5)12(3)4)17-15(16)10-7-2/h6,8-9,11-12H,7,10H2,1-5H3/b8-6?,11-9-,14-13-,17-15?. The van der Waals surface area contributed by atoms with Crippen molar-refractivity contribution in [3.8, 4) is 0 Å². The topological polar surface area (TPSA) is 12.4 Å². The van der Waals surface area contributed by atoms with Crippen LogP contribution in [0.4, 0.5) is 0 Å². The molecular formula is C15H24BN. The molecule has 17 heavy (non-hydrogen) atoms. The molecule has 0 unspecified atom stereocenters. The summed E-state index contributed by atoms with van der Waals surface area (Å²) in [5.74, 6) is 0.485. The van der Waals surface area contributed by atoms with Crippen LogP contribution in [0.15, 0.2) is 40.6 Å². The molecule has 2 heteroatoms. The molecule has 92 valence electrons. The van der Waals surface area contributed by atoms with Gasteiger partial charge in [-0.25, -0.2) is 0 Å². The first kappa shape index (κ1) is 16.0. The van der Waals surface area contributed by atoms with E-state index in [1.807, 2.05) is 31.2 Å². The molecule has 0 aliphatic rings. The maximum atomic E-state index is 5.89. The van der Waals surface area contributed by atoms with Gasteiger partial charge in [0, 0.05) is 0 Å². The number of hydrogen-bond acceptors (Lipinski definition) is 1. The van der Waals surface area contributed by atoms with E-state index in [-0.39, 0.29) is 0 Å². The molecule has 2 radical (unpaired) electrons. The lowest BCUT2D eigenvalue weighted by Crippen LogP contribution is -1.99. The minimum Gasteiger partial charge on any atom is -0.269 e. The molecule has 0 N–H and O–H groups in total. The zero-order chi connectivity index (χ0) is 13.3. The molecule has 0 bridgehead atoms. The number of aliphatic imine (C=N–C) groups is 1. The van der Waals surface area contributed by atoms with E-state index in [1.54, 1.807) is 0 Å². The summed E-state index contributed by atoms with van der Waals surface area (Å²) in [5.41, 5.74) is 2.97. The van der Waals surface area contributed by atoms with Gasteiger partial charge in [-0.2, -0.15) is 0 Å². The highest BCUT2D eigenvalue weighted by molar-refractivity contribution is 6.59. The molecule has 0 spiro atoms. The van der Waals surface area contributed by atoms with Crippen LogP contribution in [-0.4, -0.2) is 13.5 Å². The zero-order valence-electron chi connectivity index (χ0n) is 11.8. The lowest BCUT2D eigenvalue weighted by molar-refractivity contribution is 0.758. The minimum atomic E-state index is 0.485. The van der Waals surface area contributed by atoms with Crippen LogP contribution < -0.4 is 0 Å². The van der Waals surface area contributed by atoms with Gasteiger partial charge in [-0.05, 0) is 43.4 Å². The molecule has 0 atom stereocenters. The maximum absolute atomic E-state index is 5.89. The summed E-state index contributed by atoms with van der Waals surface area (Å²) in [4.78, 5) is 4.51. The monoisotopic (exact) mass is 229 g/mol. The Morgan fingerprint density at radius 2 is 1.94 bits per heavy atom. The maximum Gasteiger partial charge on any atom is 0.135 e. The molecule has 0 aliphatic heterocycles. The summed E-state index contributed by atoms with van der Waals surface area (Å²) in [7, 11) is 5.89. The van der Waals surface area contributed by atoms with E-state index < -0.39 is 0 Å². The number of nitrogens with zero attached hydrogens (tertiary/aromatic N) is 1. The van der Waals surface area contributed by atoms with Gasteiger partial charge in [-0.3, -0.25) is 4.99 Å². The predicted molar refractivity (Wildman–Crippen MR) is 79.6 cm³/mol. The zero-order valence-corrected chi connectivity index (χ0v) is 11.8. The Morgan fingerprint density at radius 3 is 2.41 bits per heavy atom. The van der Waals surface area contributed by atoms with Crippen molar-refractivity contribution in [2.45, 2.75) is 47.5 Å². The van der Waals surface area contributed by atoms with Gasteiger partial charge in [0.2, 0.25) is 0 Å². The predicted octanol–water partition coefficient (Wildman–Crippen LogP) is 4.42. The third-order valence-corrected chi connectivity index (χ3v) is 2.60. The molecule has 0 aliphatic carbocycles. The summed E-state index contributed by atoms with van der Waals surface area (Å²) in [5, 5.41) is 0. The van der Waals surface area contributed by atoms with E-state index in [0.717, 1.165) is 18.5 Å². The Bertz CT molecular complexity index is 333. The van der Waals surface area contributed by atoms with E-state index in [9.17, 15) is 0 Å². The van der Waals surface area contributed by atoms with Crippen molar-refractivity contribution < 1.29 is 0 Å². The quantitative estimate of drug-likeness (QED) is 0.363. The molecule has 0 aromatic carbocycles. The van der Waals surface area contributed by atoms with Crippen molar-refractivity contribution in [1.29, 1.82) is 0 Å². The van der Waals surface area contributed by atoms with E-state index in [2.05, 4.69) is 32.7 Å². The first-order chi connectivity index (χ1) is 8.02. The third kappa shape index (κ3) is 6.99. The van der Waals surface area contributed by atoms with Gasteiger partial charge in [0.1, 0.15) is 7.85 Å². The van der Waals surface area contributed by atoms with Crippen molar-refractivity contribution in [3.63, 3.8) is 0 Å². The fraction of sp³-hybridized carbons (Fsp3) is 0.533. The summed E-state index contributed by atoms with van der Waals surface area (Å²) in [6, 6.07) is 0. The highest BCUT2D eigenvalue weighted by Crippen LogP contribution is 2.17. The molecule has 0 rings (SSSR count). The summed E-state index contributed by atoms with van der Waals surface area (Å²) < 4.78 is 0. The first-order valence-corrected chi connectivity index (χ1v) is 6.36.